The van der Waals surface area contributed by atoms with E-state index >= 15 is 0 Å². The summed E-state index contributed by atoms with van der Waals surface area (Å²) in [5.74, 6) is 0. The zero-order chi connectivity index (χ0) is 19.0. The van der Waals surface area contributed by atoms with Gasteiger partial charge < -0.3 is 0 Å². The Balaban J connectivity index is 1.97. The third-order valence-corrected chi connectivity index (χ3v) is 5.70. The Morgan fingerprint density at radius 2 is 1.41 bits per heavy atom. The van der Waals surface area contributed by atoms with E-state index in [1.165, 1.54) is 0 Å². The molecule has 0 radical (unpaired) electrons. The van der Waals surface area contributed by atoms with Crippen LogP contribution in [0.15, 0.2) is 81.7 Å². The van der Waals surface area contributed by atoms with Crippen LogP contribution < -0.4 is 0 Å². The first-order valence-electron chi connectivity index (χ1n) is 8.40. The fraction of sp³-hybridized carbons (Fsp3) is 0.0455. The first-order valence-corrected chi connectivity index (χ1v) is 10.4. The lowest BCUT2D eigenvalue weighted by Gasteiger charge is -2.09. The number of halogens is 3. The maximum Gasteiger partial charge on any atom is 0.0963 e. The maximum absolute atomic E-state index is 6.24. The third-order valence-electron chi connectivity index (χ3n) is 4.41. The monoisotopic (exact) mass is 500 g/mol. The number of rotatable bonds is 3. The Kier molecular flexibility index (Phi) is 5.22. The van der Waals surface area contributed by atoms with Crippen molar-refractivity contribution in [3.05, 3.63) is 92.3 Å². The van der Waals surface area contributed by atoms with Gasteiger partial charge in [-0.1, -0.05) is 73.8 Å². The molecule has 0 saturated heterocycles. The van der Waals surface area contributed by atoms with Crippen molar-refractivity contribution < 1.29 is 0 Å². The second-order valence-electron chi connectivity index (χ2n) is 6.23. The number of benzene rings is 3. The van der Waals surface area contributed by atoms with Gasteiger partial charge in [0.05, 0.1) is 17.1 Å². The smallest absolute Gasteiger partial charge is 0.0963 e. The van der Waals surface area contributed by atoms with Gasteiger partial charge >= 0.3 is 0 Å². The van der Waals surface area contributed by atoms with Crippen molar-refractivity contribution in [1.82, 2.24) is 9.78 Å². The fourth-order valence-corrected chi connectivity index (χ4v) is 3.83. The van der Waals surface area contributed by atoms with Crippen molar-refractivity contribution in [2.24, 2.45) is 0 Å². The van der Waals surface area contributed by atoms with E-state index < -0.39 is 0 Å². The molecule has 0 N–H and O–H groups in total. The molecule has 0 aliphatic carbocycles. The van der Waals surface area contributed by atoms with Gasteiger partial charge in [-0.25, -0.2) is 4.68 Å². The number of nitrogens with zero attached hydrogens (tertiary/aromatic N) is 2. The van der Waals surface area contributed by atoms with Crippen molar-refractivity contribution in [2.75, 3.05) is 0 Å². The van der Waals surface area contributed by atoms with E-state index in [-0.39, 0.29) is 0 Å². The molecule has 0 amide bonds. The van der Waals surface area contributed by atoms with Gasteiger partial charge in [0.1, 0.15) is 0 Å². The zero-order valence-corrected chi connectivity index (χ0v) is 18.4. The van der Waals surface area contributed by atoms with Crippen LogP contribution in [0.3, 0.4) is 0 Å². The molecule has 1 heterocycles. The summed E-state index contributed by atoms with van der Waals surface area (Å²) in [6.07, 6.45) is 0. The van der Waals surface area contributed by atoms with Crippen molar-refractivity contribution in [2.45, 2.75) is 6.92 Å². The van der Waals surface area contributed by atoms with E-state index in [2.05, 4.69) is 63.0 Å². The molecule has 2 nitrogen and oxygen atoms in total. The van der Waals surface area contributed by atoms with Gasteiger partial charge in [-0.05, 0) is 49.4 Å². The Labute approximate surface area is 180 Å². The van der Waals surface area contributed by atoms with Gasteiger partial charge in [0.2, 0.25) is 0 Å². The lowest BCUT2D eigenvalue weighted by atomic mass is 10.0. The maximum atomic E-state index is 6.24. The summed E-state index contributed by atoms with van der Waals surface area (Å²) in [6, 6.07) is 24.3. The normalized spacial score (nSPS) is 11.0. The van der Waals surface area contributed by atoms with Gasteiger partial charge in [-0.3, -0.25) is 0 Å². The molecule has 134 valence electrons. The van der Waals surface area contributed by atoms with Crippen molar-refractivity contribution in [3.8, 4) is 28.2 Å². The van der Waals surface area contributed by atoms with E-state index in [1.807, 2.05) is 53.2 Å². The standard InChI is InChI=1S/C22H15Br2ClN2/c1-14-21(15-5-9-17(23)10-6-15)26-27(20-4-2-3-19(25)13-20)22(14)16-7-11-18(24)12-8-16/h2-13H,1H3. The highest BCUT2D eigenvalue weighted by Crippen LogP contribution is 2.35. The van der Waals surface area contributed by atoms with E-state index in [0.717, 1.165) is 42.7 Å². The quantitative estimate of drug-likeness (QED) is 0.281. The first-order chi connectivity index (χ1) is 13.0. The van der Waals surface area contributed by atoms with Crippen LogP contribution in [0.4, 0.5) is 0 Å². The van der Waals surface area contributed by atoms with Crippen molar-refractivity contribution >= 4 is 43.5 Å². The molecule has 0 saturated carbocycles. The molecule has 3 aromatic carbocycles. The summed E-state index contributed by atoms with van der Waals surface area (Å²) in [7, 11) is 0. The highest BCUT2D eigenvalue weighted by atomic mass is 79.9. The Hall–Kier alpha value is -1.88. The van der Waals surface area contributed by atoms with Gasteiger partial charge in [-0.2, -0.15) is 5.10 Å². The van der Waals surface area contributed by atoms with Crippen LogP contribution in [-0.4, -0.2) is 9.78 Å². The van der Waals surface area contributed by atoms with E-state index in [9.17, 15) is 0 Å². The summed E-state index contributed by atoms with van der Waals surface area (Å²) >= 11 is 13.3. The molecule has 0 fully saturated rings. The van der Waals surface area contributed by atoms with E-state index in [4.69, 9.17) is 16.7 Å². The van der Waals surface area contributed by atoms with Crippen LogP contribution in [0.2, 0.25) is 5.02 Å². The van der Waals surface area contributed by atoms with Crippen LogP contribution in [0, 0.1) is 6.92 Å². The van der Waals surface area contributed by atoms with Crippen LogP contribution in [-0.2, 0) is 0 Å². The van der Waals surface area contributed by atoms with Crippen LogP contribution in [0.25, 0.3) is 28.2 Å². The lowest BCUT2D eigenvalue weighted by molar-refractivity contribution is 0.891. The molecule has 0 aliphatic heterocycles. The first kappa shape index (κ1) is 18.5. The van der Waals surface area contributed by atoms with Gasteiger partial charge in [-0.15, -0.1) is 0 Å². The van der Waals surface area contributed by atoms with Crippen LogP contribution in [0.1, 0.15) is 5.56 Å². The fourth-order valence-electron chi connectivity index (χ4n) is 3.12. The Morgan fingerprint density at radius 3 is 2.00 bits per heavy atom. The highest BCUT2D eigenvalue weighted by molar-refractivity contribution is 9.10. The van der Waals surface area contributed by atoms with Crippen LogP contribution >= 0.6 is 43.5 Å². The SMILES string of the molecule is Cc1c(-c2ccc(Br)cc2)nn(-c2cccc(Cl)c2)c1-c1ccc(Br)cc1. The minimum absolute atomic E-state index is 0.688. The molecule has 0 spiro atoms. The number of hydrogen-bond donors (Lipinski definition) is 0. The molecule has 0 atom stereocenters. The number of aromatic nitrogens is 2. The predicted molar refractivity (Wildman–Crippen MR) is 120 cm³/mol. The number of hydrogen-bond acceptors (Lipinski definition) is 1. The topological polar surface area (TPSA) is 17.8 Å². The summed E-state index contributed by atoms with van der Waals surface area (Å²) in [6.45, 7) is 2.11. The van der Waals surface area contributed by atoms with Crippen LogP contribution in [0.5, 0.6) is 0 Å². The molecule has 0 bridgehead atoms. The summed E-state index contributed by atoms with van der Waals surface area (Å²) in [5.41, 5.74) is 6.26. The van der Waals surface area contributed by atoms with Gasteiger partial charge in [0, 0.05) is 30.7 Å². The minimum Gasteiger partial charge on any atom is -0.232 e. The average molecular weight is 503 g/mol. The molecule has 27 heavy (non-hydrogen) atoms. The van der Waals surface area contributed by atoms with E-state index in [0.29, 0.717) is 5.02 Å². The lowest BCUT2D eigenvalue weighted by Crippen LogP contribution is -1.99. The Morgan fingerprint density at radius 1 is 0.815 bits per heavy atom. The van der Waals surface area contributed by atoms with Crippen molar-refractivity contribution in [3.63, 3.8) is 0 Å². The molecule has 0 aliphatic rings. The van der Waals surface area contributed by atoms with Crippen molar-refractivity contribution in [1.29, 1.82) is 0 Å². The molecule has 4 aromatic rings. The van der Waals surface area contributed by atoms with E-state index in [1.54, 1.807) is 0 Å². The molecular weight excluding hydrogens is 488 g/mol. The molecular formula is C22H15Br2ClN2. The average Bonchev–Trinajstić information content (AvgIpc) is 3.00. The zero-order valence-electron chi connectivity index (χ0n) is 14.5. The predicted octanol–water partition coefficient (Wildman–Crippen LogP) is 7.69. The summed E-state index contributed by atoms with van der Waals surface area (Å²) in [4.78, 5) is 0. The molecule has 0 unspecified atom stereocenters. The summed E-state index contributed by atoms with van der Waals surface area (Å²) < 4.78 is 4.07. The third kappa shape index (κ3) is 3.75. The largest absolute Gasteiger partial charge is 0.232 e. The molecule has 4 rings (SSSR count). The molecule has 1 aromatic heterocycles. The second kappa shape index (κ2) is 7.63. The molecule has 5 heteroatoms. The summed E-state index contributed by atoms with van der Waals surface area (Å²) in [5, 5.41) is 5.64. The highest BCUT2D eigenvalue weighted by Gasteiger charge is 2.18. The Bertz CT molecular complexity index is 1100. The van der Waals surface area contributed by atoms with Gasteiger partial charge in [0.15, 0.2) is 0 Å². The minimum atomic E-state index is 0.688. The van der Waals surface area contributed by atoms with Gasteiger partial charge in [0.25, 0.3) is 0 Å². The second-order valence-corrected chi connectivity index (χ2v) is 8.50.